The molecule has 0 aromatic heterocycles. The van der Waals surface area contributed by atoms with Gasteiger partial charge >= 0.3 is 5.97 Å². The van der Waals surface area contributed by atoms with E-state index >= 15 is 0 Å². The first kappa shape index (κ1) is 24.5. The van der Waals surface area contributed by atoms with Gasteiger partial charge in [0.15, 0.2) is 23.1 Å². The molecule has 184 valence electrons. The predicted molar refractivity (Wildman–Crippen MR) is 131 cm³/mol. The Kier molecular flexibility index (Phi) is 7.24. The highest BCUT2D eigenvalue weighted by Crippen LogP contribution is 2.50. The van der Waals surface area contributed by atoms with E-state index < -0.39 is 11.9 Å². The van der Waals surface area contributed by atoms with E-state index in [9.17, 15) is 19.5 Å². The molecule has 7 nitrogen and oxygen atoms in total. The van der Waals surface area contributed by atoms with Gasteiger partial charge in [-0.2, -0.15) is 0 Å². The molecule has 0 spiro atoms. The molecule has 2 aliphatic carbocycles. The smallest absolute Gasteiger partial charge is 0.323 e. The SMILES string of the molecule is C=CCOc1c(CC=C)cc(C2C3=C(CCCC3=O)N(CC(=O)O)C3=C2C(=O)CCC3)cc1OC. The van der Waals surface area contributed by atoms with Crippen LogP contribution in [0.15, 0.2) is 60.0 Å². The molecule has 0 fully saturated rings. The summed E-state index contributed by atoms with van der Waals surface area (Å²) in [6.45, 7) is 7.62. The summed E-state index contributed by atoms with van der Waals surface area (Å²) >= 11 is 0. The third kappa shape index (κ3) is 4.55. The van der Waals surface area contributed by atoms with E-state index in [1.54, 1.807) is 24.2 Å². The monoisotopic (exact) mass is 477 g/mol. The normalized spacial score (nSPS) is 18.3. The number of aliphatic carboxylic acids is 1. The maximum Gasteiger partial charge on any atom is 0.323 e. The first-order chi connectivity index (χ1) is 16.9. The number of carboxylic acid groups (broad SMARTS) is 1. The molecule has 1 aliphatic heterocycles. The lowest BCUT2D eigenvalue weighted by atomic mass is 9.70. The van der Waals surface area contributed by atoms with Gasteiger partial charge in [0.05, 0.1) is 7.11 Å². The van der Waals surface area contributed by atoms with Crippen LogP contribution in [-0.2, 0) is 20.8 Å². The van der Waals surface area contributed by atoms with Gasteiger partial charge in [0.25, 0.3) is 0 Å². The van der Waals surface area contributed by atoms with E-state index in [4.69, 9.17) is 9.47 Å². The Morgan fingerprint density at radius 2 is 1.69 bits per heavy atom. The zero-order chi connectivity index (χ0) is 25.1. The third-order valence-electron chi connectivity index (χ3n) is 6.80. The van der Waals surface area contributed by atoms with Crippen LogP contribution < -0.4 is 9.47 Å². The van der Waals surface area contributed by atoms with Gasteiger partial charge in [0.2, 0.25) is 0 Å². The summed E-state index contributed by atoms with van der Waals surface area (Å²) in [5, 5.41) is 9.62. The zero-order valence-electron chi connectivity index (χ0n) is 20.1. The molecule has 0 unspecified atom stereocenters. The largest absolute Gasteiger partial charge is 0.493 e. The topological polar surface area (TPSA) is 93.1 Å². The predicted octanol–water partition coefficient (Wildman–Crippen LogP) is 4.49. The molecular formula is C28H31NO6. The highest BCUT2D eigenvalue weighted by atomic mass is 16.5. The molecule has 3 aliphatic rings. The lowest BCUT2D eigenvalue weighted by molar-refractivity contribution is -0.138. The summed E-state index contributed by atoms with van der Waals surface area (Å²) in [6.07, 6.45) is 7.22. The molecule has 4 rings (SSSR count). The van der Waals surface area contributed by atoms with Crippen LogP contribution in [0.3, 0.4) is 0 Å². The lowest BCUT2D eigenvalue weighted by Gasteiger charge is -2.43. The van der Waals surface area contributed by atoms with Crippen molar-refractivity contribution >= 4 is 17.5 Å². The van der Waals surface area contributed by atoms with Gasteiger partial charge in [-0.15, -0.1) is 6.58 Å². The van der Waals surface area contributed by atoms with Crippen molar-refractivity contribution in [2.45, 2.75) is 50.9 Å². The van der Waals surface area contributed by atoms with E-state index in [1.165, 1.54) is 0 Å². The highest BCUT2D eigenvalue weighted by Gasteiger charge is 2.44. The fourth-order valence-electron chi connectivity index (χ4n) is 5.49. The van der Waals surface area contributed by atoms with E-state index in [0.29, 0.717) is 74.2 Å². The number of benzene rings is 1. The molecule has 1 aromatic rings. The van der Waals surface area contributed by atoms with Gasteiger partial charge in [0, 0.05) is 46.9 Å². The molecule has 0 radical (unpaired) electrons. The number of carbonyl (C=O) groups is 3. The van der Waals surface area contributed by atoms with E-state index in [1.807, 2.05) is 12.1 Å². The van der Waals surface area contributed by atoms with Crippen molar-refractivity contribution in [2.75, 3.05) is 20.3 Å². The highest BCUT2D eigenvalue weighted by molar-refractivity contribution is 6.06. The Morgan fingerprint density at radius 1 is 1.06 bits per heavy atom. The molecule has 1 aromatic carbocycles. The molecule has 1 N–H and O–H groups in total. The van der Waals surface area contributed by atoms with Crippen LogP contribution in [0.5, 0.6) is 11.5 Å². The van der Waals surface area contributed by atoms with Gasteiger partial charge in [-0.1, -0.05) is 24.8 Å². The van der Waals surface area contributed by atoms with E-state index in [2.05, 4.69) is 13.2 Å². The summed E-state index contributed by atoms with van der Waals surface area (Å²) in [6, 6.07) is 3.79. The van der Waals surface area contributed by atoms with Crippen molar-refractivity contribution in [1.29, 1.82) is 0 Å². The average molecular weight is 478 g/mol. The van der Waals surface area contributed by atoms with Crippen molar-refractivity contribution in [3.05, 3.63) is 71.1 Å². The van der Waals surface area contributed by atoms with Crippen LogP contribution in [0.25, 0.3) is 0 Å². The van der Waals surface area contributed by atoms with Gasteiger partial charge in [-0.25, -0.2) is 0 Å². The van der Waals surface area contributed by atoms with Crippen molar-refractivity contribution in [2.24, 2.45) is 0 Å². The lowest BCUT2D eigenvalue weighted by Crippen LogP contribution is -2.41. The Balaban J connectivity index is 1.97. The second kappa shape index (κ2) is 10.3. The summed E-state index contributed by atoms with van der Waals surface area (Å²) in [5.41, 5.74) is 4.15. The molecule has 0 atom stereocenters. The van der Waals surface area contributed by atoms with Gasteiger partial charge in [-0.3, -0.25) is 14.4 Å². The standard InChI is InChI=1S/C28H31NO6/c1-4-8-17-14-18(15-23(34-3)28(17)35-13-5-2)25-26-19(9-6-11-21(26)30)29(16-24(32)33)20-10-7-12-22(31)27(20)25/h4-5,14-15,25H,1-2,6-13,16H2,3H3,(H,32,33). The number of rotatable bonds is 9. The Morgan fingerprint density at radius 3 is 2.20 bits per heavy atom. The molecule has 0 bridgehead atoms. The van der Waals surface area contributed by atoms with Gasteiger partial charge < -0.3 is 19.5 Å². The number of methoxy groups -OCH3 is 1. The molecule has 7 heteroatoms. The molecule has 1 heterocycles. The van der Waals surface area contributed by atoms with Crippen molar-refractivity contribution < 1.29 is 29.0 Å². The maximum absolute atomic E-state index is 13.3. The minimum Gasteiger partial charge on any atom is -0.493 e. The fourth-order valence-corrected chi connectivity index (χ4v) is 5.49. The second-order valence-electron chi connectivity index (χ2n) is 8.99. The summed E-state index contributed by atoms with van der Waals surface area (Å²) in [5.74, 6) is -0.535. The van der Waals surface area contributed by atoms with Crippen LogP contribution in [0.1, 0.15) is 55.6 Å². The number of ether oxygens (including phenoxy) is 2. The quantitative estimate of drug-likeness (QED) is 0.524. The number of carboxylic acids is 1. The maximum atomic E-state index is 13.3. The van der Waals surface area contributed by atoms with Crippen LogP contribution in [0.4, 0.5) is 0 Å². The Bertz CT molecular complexity index is 1110. The minimum absolute atomic E-state index is 0.0345. The third-order valence-corrected chi connectivity index (χ3v) is 6.80. The number of hydrogen-bond donors (Lipinski definition) is 1. The zero-order valence-corrected chi connectivity index (χ0v) is 20.1. The first-order valence-corrected chi connectivity index (χ1v) is 12.0. The van der Waals surface area contributed by atoms with E-state index in [0.717, 1.165) is 22.5 Å². The van der Waals surface area contributed by atoms with Crippen molar-refractivity contribution in [3.8, 4) is 11.5 Å². The first-order valence-electron chi connectivity index (χ1n) is 12.0. The fraction of sp³-hybridized carbons (Fsp3) is 0.393. The summed E-state index contributed by atoms with van der Waals surface area (Å²) in [4.78, 5) is 40.2. The van der Waals surface area contributed by atoms with Crippen LogP contribution in [0.2, 0.25) is 0 Å². The van der Waals surface area contributed by atoms with Gasteiger partial charge in [-0.05, 0) is 43.7 Å². The second-order valence-corrected chi connectivity index (χ2v) is 8.99. The van der Waals surface area contributed by atoms with Crippen LogP contribution >= 0.6 is 0 Å². The van der Waals surface area contributed by atoms with Crippen molar-refractivity contribution in [3.63, 3.8) is 0 Å². The number of hydrogen-bond acceptors (Lipinski definition) is 6. The number of Topliss-reactive ketones (excluding diaryl/α,β-unsaturated/α-hetero) is 2. The molecule has 0 saturated carbocycles. The van der Waals surface area contributed by atoms with Crippen LogP contribution in [-0.4, -0.2) is 47.8 Å². The number of ketones is 2. The number of nitrogens with zero attached hydrogens (tertiary/aromatic N) is 1. The number of allylic oxidation sites excluding steroid dienone is 5. The summed E-state index contributed by atoms with van der Waals surface area (Å²) < 4.78 is 11.6. The Hall–Kier alpha value is -3.61. The van der Waals surface area contributed by atoms with E-state index in [-0.39, 0.29) is 18.1 Å². The molecule has 0 amide bonds. The number of carbonyl (C=O) groups excluding carboxylic acids is 2. The van der Waals surface area contributed by atoms with Crippen LogP contribution in [0, 0.1) is 0 Å². The Labute approximate surface area is 205 Å². The average Bonchev–Trinajstić information content (AvgIpc) is 2.83. The summed E-state index contributed by atoms with van der Waals surface area (Å²) in [7, 11) is 1.56. The minimum atomic E-state index is -0.989. The molecular weight excluding hydrogens is 446 g/mol. The molecule has 35 heavy (non-hydrogen) atoms. The molecule has 0 saturated heterocycles. The van der Waals surface area contributed by atoms with Crippen molar-refractivity contribution in [1.82, 2.24) is 4.90 Å². The van der Waals surface area contributed by atoms with Gasteiger partial charge in [0.1, 0.15) is 13.2 Å².